The first-order valence-corrected chi connectivity index (χ1v) is 4.82. The van der Waals surface area contributed by atoms with Crippen molar-refractivity contribution in [2.45, 2.75) is 32.2 Å². The molecule has 1 heterocycles. The van der Waals surface area contributed by atoms with Crippen molar-refractivity contribution >= 4 is 5.97 Å². The van der Waals surface area contributed by atoms with Gasteiger partial charge in [0.2, 0.25) is 6.29 Å². The van der Waals surface area contributed by atoms with Crippen LogP contribution < -0.4 is 0 Å². The summed E-state index contributed by atoms with van der Waals surface area (Å²) in [5.41, 5.74) is 0. The zero-order chi connectivity index (χ0) is 10.4. The summed E-state index contributed by atoms with van der Waals surface area (Å²) < 4.78 is 15.3. The molecule has 1 fully saturated rings. The van der Waals surface area contributed by atoms with Crippen LogP contribution in [0.5, 0.6) is 0 Å². The Balaban J connectivity index is 2.20. The second-order valence-corrected chi connectivity index (χ2v) is 3.15. The fourth-order valence-electron chi connectivity index (χ4n) is 0.969. The highest BCUT2D eigenvalue weighted by atomic mass is 16.7. The average molecular weight is 200 g/mol. The van der Waals surface area contributed by atoms with Gasteiger partial charge < -0.3 is 14.2 Å². The summed E-state index contributed by atoms with van der Waals surface area (Å²) in [5, 5.41) is 0. The number of ether oxygens (including phenoxy) is 3. The number of hydrogen-bond donors (Lipinski definition) is 0. The lowest BCUT2D eigenvalue weighted by Crippen LogP contribution is -2.22. The lowest BCUT2D eigenvalue weighted by molar-refractivity contribution is -0.175. The van der Waals surface area contributed by atoms with Gasteiger partial charge in [-0.25, -0.2) is 4.79 Å². The van der Waals surface area contributed by atoms with Crippen molar-refractivity contribution in [3.8, 4) is 0 Å². The van der Waals surface area contributed by atoms with E-state index in [2.05, 4.69) is 6.58 Å². The maximum Gasteiger partial charge on any atom is 0.332 e. The van der Waals surface area contributed by atoms with Crippen molar-refractivity contribution in [2.24, 2.45) is 0 Å². The Labute approximate surface area is 83.8 Å². The van der Waals surface area contributed by atoms with Gasteiger partial charge in [-0.1, -0.05) is 19.9 Å². The molecule has 0 aliphatic carbocycles. The normalized spacial score (nSPS) is 21.4. The smallest absolute Gasteiger partial charge is 0.332 e. The molecule has 1 aliphatic rings. The minimum Gasteiger partial charge on any atom is -0.433 e. The summed E-state index contributed by atoms with van der Waals surface area (Å²) in [7, 11) is 0. The SMILES string of the molecule is C=CC(=O)OC(CCC)OCC1CO1. The zero-order valence-corrected chi connectivity index (χ0v) is 8.40. The second-order valence-electron chi connectivity index (χ2n) is 3.15. The van der Waals surface area contributed by atoms with Crippen LogP contribution in [-0.2, 0) is 19.0 Å². The fraction of sp³-hybridized carbons (Fsp3) is 0.700. The molecule has 0 amide bonds. The van der Waals surface area contributed by atoms with E-state index in [-0.39, 0.29) is 6.10 Å². The molecule has 80 valence electrons. The molecule has 0 spiro atoms. The van der Waals surface area contributed by atoms with Gasteiger partial charge in [-0.05, 0) is 0 Å². The maximum absolute atomic E-state index is 10.9. The van der Waals surface area contributed by atoms with E-state index < -0.39 is 12.3 Å². The van der Waals surface area contributed by atoms with Crippen LogP contribution in [0.2, 0.25) is 0 Å². The Kier molecular flexibility index (Phi) is 4.62. The van der Waals surface area contributed by atoms with Crippen LogP contribution in [-0.4, -0.2) is 31.6 Å². The topological polar surface area (TPSA) is 48.1 Å². The van der Waals surface area contributed by atoms with E-state index in [9.17, 15) is 4.79 Å². The van der Waals surface area contributed by atoms with Gasteiger partial charge in [0.25, 0.3) is 0 Å². The Hall–Kier alpha value is -0.870. The van der Waals surface area contributed by atoms with Crippen LogP contribution in [0, 0.1) is 0 Å². The van der Waals surface area contributed by atoms with E-state index in [1.54, 1.807) is 0 Å². The summed E-state index contributed by atoms with van der Waals surface area (Å²) in [6.45, 7) is 6.57. The van der Waals surface area contributed by atoms with Gasteiger partial charge in [-0.3, -0.25) is 0 Å². The zero-order valence-electron chi connectivity index (χ0n) is 8.40. The predicted molar refractivity (Wildman–Crippen MR) is 50.7 cm³/mol. The van der Waals surface area contributed by atoms with E-state index in [0.717, 1.165) is 19.1 Å². The maximum atomic E-state index is 10.9. The van der Waals surface area contributed by atoms with Gasteiger partial charge >= 0.3 is 5.97 Å². The van der Waals surface area contributed by atoms with Crippen molar-refractivity contribution in [1.82, 2.24) is 0 Å². The molecule has 14 heavy (non-hydrogen) atoms. The van der Waals surface area contributed by atoms with E-state index >= 15 is 0 Å². The second kappa shape index (κ2) is 5.78. The Bertz CT molecular complexity index is 198. The Morgan fingerprint density at radius 1 is 1.79 bits per heavy atom. The molecule has 0 aromatic carbocycles. The van der Waals surface area contributed by atoms with Gasteiger partial charge in [0.15, 0.2) is 0 Å². The number of carbonyl (C=O) groups excluding carboxylic acids is 1. The van der Waals surface area contributed by atoms with Crippen LogP contribution in [0.1, 0.15) is 19.8 Å². The molecule has 0 N–H and O–H groups in total. The summed E-state index contributed by atoms with van der Waals surface area (Å²) in [6, 6.07) is 0. The molecule has 1 saturated heterocycles. The van der Waals surface area contributed by atoms with Gasteiger partial charge in [0.05, 0.1) is 13.2 Å². The lowest BCUT2D eigenvalue weighted by Gasteiger charge is -2.16. The highest BCUT2D eigenvalue weighted by Crippen LogP contribution is 2.12. The minimum atomic E-state index is -0.463. The van der Waals surface area contributed by atoms with E-state index in [0.29, 0.717) is 13.0 Å². The van der Waals surface area contributed by atoms with Crippen LogP contribution >= 0.6 is 0 Å². The molecule has 0 bridgehead atoms. The van der Waals surface area contributed by atoms with Gasteiger partial charge in [0, 0.05) is 12.5 Å². The third-order valence-electron chi connectivity index (χ3n) is 1.81. The van der Waals surface area contributed by atoms with Gasteiger partial charge in [-0.15, -0.1) is 0 Å². The van der Waals surface area contributed by atoms with Crippen molar-refractivity contribution in [1.29, 1.82) is 0 Å². The van der Waals surface area contributed by atoms with Crippen molar-refractivity contribution in [2.75, 3.05) is 13.2 Å². The van der Waals surface area contributed by atoms with Crippen LogP contribution in [0.15, 0.2) is 12.7 Å². The fourth-order valence-corrected chi connectivity index (χ4v) is 0.969. The minimum absolute atomic E-state index is 0.191. The van der Waals surface area contributed by atoms with E-state index in [4.69, 9.17) is 14.2 Å². The Morgan fingerprint density at radius 3 is 3.00 bits per heavy atom. The number of rotatable bonds is 7. The highest BCUT2D eigenvalue weighted by Gasteiger charge is 2.24. The van der Waals surface area contributed by atoms with Gasteiger partial charge in [0.1, 0.15) is 6.10 Å². The van der Waals surface area contributed by atoms with E-state index in [1.165, 1.54) is 0 Å². The molecule has 2 atom stereocenters. The number of carbonyl (C=O) groups is 1. The third kappa shape index (κ3) is 4.39. The van der Waals surface area contributed by atoms with Crippen molar-refractivity contribution in [3.05, 3.63) is 12.7 Å². The quantitative estimate of drug-likeness (QED) is 0.268. The molecule has 0 aromatic heterocycles. The molecule has 1 aliphatic heterocycles. The van der Waals surface area contributed by atoms with E-state index in [1.807, 2.05) is 6.92 Å². The molecule has 1 rings (SSSR count). The van der Waals surface area contributed by atoms with Gasteiger partial charge in [-0.2, -0.15) is 0 Å². The molecular weight excluding hydrogens is 184 g/mol. The first kappa shape index (κ1) is 11.2. The average Bonchev–Trinajstić information content (AvgIpc) is 2.98. The Morgan fingerprint density at radius 2 is 2.50 bits per heavy atom. The molecule has 2 unspecified atom stereocenters. The summed E-state index contributed by atoms with van der Waals surface area (Å²) >= 11 is 0. The molecule has 0 aromatic rings. The largest absolute Gasteiger partial charge is 0.433 e. The first-order chi connectivity index (χ1) is 6.76. The predicted octanol–water partition coefficient (Wildman–Crippen LogP) is 1.26. The third-order valence-corrected chi connectivity index (χ3v) is 1.81. The number of esters is 1. The molecule has 0 radical (unpaired) electrons. The highest BCUT2D eigenvalue weighted by molar-refractivity contribution is 5.81. The lowest BCUT2D eigenvalue weighted by atomic mass is 10.3. The summed E-state index contributed by atoms with van der Waals surface area (Å²) in [6.07, 6.45) is 2.47. The van der Waals surface area contributed by atoms with Crippen molar-refractivity contribution in [3.63, 3.8) is 0 Å². The monoisotopic (exact) mass is 200 g/mol. The molecular formula is C10H16O4. The van der Waals surface area contributed by atoms with Crippen LogP contribution in [0.4, 0.5) is 0 Å². The number of hydrogen-bond acceptors (Lipinski definition) is 4. The van der Waals surface area contributed by atoms with Crippen molar-refractivity contribution < 1.29 is 19.0 Å². The standard InChI is InChI=1S/C10H16O4/c1-3-5-10(14-9(11)4-2)13-7-8-6-12-8/h4,8,10H,2-3,5-7H2,1H3. The summed E-state index contributed by atoms with van der Waals surface area (Å²) in [5.74, 6) is -0.444. The van der Waals surface area contributed by atoms with Crippen LogP contribution in [0.3, 0.4) is 0 Å². The van der Waals surface area contributed by atoms with Crippen LogP contribution in [0.25, 0.3) is 0 Å². The molecule has 4 heteroatoms. The number of epoxide rings is 1. The molecule has 0 saturated carbocycles. The summed E-state index contributed by atoms with van der Waals surface area (Å²) in [4.78, 5) is 10.9. The molecule has 4 nitrogen and oxygen atoms in total. The first-order valence-electron chi connectivity index (χ1n) is 4.82.